The molecule has 1 saturated heterocycles. The summed E-state index contributed by atoms with van der Waals surface area (Å²) in [5, 5.41) is 11.7. The van der Waals surface area contributed by atoms with Crippen molar-refractivity contribution in [1.29, 1.82) is 0 Å². The van der Waals surface area contributed by atoms with Gasteiger partial charge in [-0.05, 0) is 42.0 Å². The number of H-pyrrole nitrogens is 1. The second-order valence-corrected chi connectivity index (χ2v) is 9.18. The molecule has 9 nitrogen and oxygen atoms in total. The number of hydrogen-bond donors (Lipinski definition) is 3. The Labute approximate surface area is 209 Å². The predicted molar refractivity (Wildman–Crippen MR) is 134 cm³/mol. The molecular weight excluding hydrogens is 460 g/mol. The Kier molecular flexibility index (Phi) is 7.38. The quantitative estimate of drug-likeness (QED) is 0.448. The number of amides is 2. The summed E-state index contributed by atoms with van der Waals surface area (Å²) < 4.78 is 4.70. The lowest BCUT2D eigenvalue weighted by Gasteiger charge is -2.29. The molecule has 2 aromatic carbocycles. The molecule has 1 aromatic heterocycles. The number of likely N-dealkylation sites (tertiary alicyclic amines) is 1. The van der Waals surface area contributed by atoms with Crippen LogP contribution in [0.2, 0.25) is 0 Å². The van der Waals surface area contributed by atoms with Crippen LogP contribution in [-0.4, -0.2) is 57.6 Å². The first kappa shape index (κ1) is 25.0. The molecule has 2 atom stereocenters. The van der Waals surface area contributed by atoms with E-state index in [9.17, 15) is 14.4 Å². The van der Waals surface area contributed by atoms with Gasteiger partial charge in [-0.15, -0.1) is 0 Å². The predicted octanol–water partition coefficient (Wildman–Crippen LogP) is 4.49. The number of aromatic nitrogens is 2. The molecule has 2 unspecified atom stereocenters. The zero-order valence-electron chi connectivity index (χ0n) is 20.5. The lowest BCUT2D eigenvalue weighted by atomic mass is 10.0. The number of hydrogen-bond acceptors (Lipinski definition) is 5. The smallest absolute Gasteiger partial charge is 0.407 e. The summed E-state index contributed by atoms with van der Waals surface area (Å²) in [6, 6.07) is 13.7. The number of methoxy groups -OCH3 is 1. The SMILES string of the molecule is COC(=O)NC(C(=O)N1CCCC1c1nc(-c2ccc(-c3ccc(C(=O)O)cc3)cc2)c[nH]1)C(C)C. The average Bonchev–Trinajstić information content (AvgIpc) is 3.56. The Balaban J connectivity index is 1.50. The van der Waals surface area contributed by atoms with Crippen molar-refractivity contribution in [2.24, 2.45) is 5.92 Å². The van der Waals surface area contributed by atoms with Crippen LogP contribution in [0.5, 0.6) is 0 Å². The van der Waals surface area contributed by atoms with Gasteiger partial charge in [0, 0.05) is 18.3 Å². The Morgan fingerprint density at radius 3 is 2.25 bits per heavy atom. The third-order valence-corrected chi connectivity index (χ3v) is 6.49. The van der Waals surface area contributed by atoms with Crippen molar-refractivity contribution in [3.05, 3.63) is 66.1 Å². The van der Waals surface area contributed by atoms with Gasteiger partial charge < -0.3 is 25.0 Å². The molecule has 0 spiro atoms. The topological polar surface area (TPSA) is 125 Å². The standard InChI is InChI=1S/C27H30N4O5/c1-16(2)23(30-27(35)36-3)25(32)31-14-4-5-22(31)24-28-15-21(29-24)19-10-6-17(7-11-19)18-8-12-20(13-9-18)26(33)34/h6-13,15-16,22-23H,4-5,14H2,1-3H3,(H,28,29)(H,30,35)(H,33,34). The van der Waals surface area contributed by atoms with Crippen LogP contribution in [-0.2, 0) is 9.53 Å². The van der Waals surface area contributed by atoms with E-state index >= 15 is 0 Å². The number of carbonyl (C=O) groups excluding carboxylic acids is 2. The van der Waals surface area contributed by atoms with E-state index in [1.807, 2.05) is 44.3 Å². The Hall–Kier alpha value is -4.14. The molecule has 2 heterocycles. The maximum Gasteiger partial charge on any atom is 0.407 e. The van der Waals surface area contributed by atoms with Crippen LogP contribution in [0.1, 0.15) is 48.9 Å². The fraction of sp³-hybridized carbons (Fsp3) is 0.333. The molecule has 1 fully saturated rings. The van der Waals surface area contributed by atoms with Crippen LogP contribution >= 0.6 is 0 Å². The highest BCUT2D eigenvalue weighted by molar-refractivity contribution is 5.88. The first-order chi connectivity index (χ1) is 17.3. The molecule has 9 heteroatoms. The number of nitrogens with one attached hydrogen (secondary N) is 2. The van der Waals surface area contributed by atoms with Gasteiger partial charge in [-0.3, -0.25) is 4.79 Å². The number of ether oxygens (including phenoxy) is 1. The molecule has 36 heavy (non-hydrogen) atoms. The lowest BCUT2D eigenvalue weighted by Crippen LogP contribution is -2.51. The number of carboxylic acid groups (broad SMARTS) is 1. The zero-order valence-corrected chi connectivity index (χ0v) is 20.5. The van der Waals surface area contributed by atoms with Gasteiger partial charge >= 0.3 is 12.1 Å². The number of aromatic carboxylic acids is 1. The van der Waals surface area contributed by atoms with E-state index in [0.717, 1.165) is 35.2 Å². The normalized spacial score (nSPS) is 16.1. The molecule has 188 valence electrons. The van der Waals surface area contributed by atoms with Gasteiger partial charge in [0.25, 0.3) is 0 Å². The van der Waals surface area contributed by atoms with Gasteiger partial charge in [0.05, 0.1) is 24.4 Å². The monoisotopic (exact) mass is 490 g/mol. The molecule has 1 aliphatic rings. The largest absolute Gasteiger partial charge is 0.478 e. The van der Waals surface area contributed by atoms with Gasteiger partial charge in [0.1, 0.15) is 11.9 Å². The maximum atomic E-state index is 13.3. The summed E-state index contributed by atoms with van der Waals surface area (Å²) in [6.07, 6.45) is 2.84. The summed E-state index contributed by atoms with van der Waals surface area (Å²) in [5.74, 6) is -0.476. The summed E-state index contributed by atoms with van der Waals surface area (Å²) >= 11 is 0. The highest BCUT2D eigenvalue weighted by Crippen LogP contribution is 2.33. The fourth-order valence-corrected chi connectivity index (χ4v) is 4.49. The third-order valence-electron chi connectivity index (χ3n) is 6.49. The Morgan fingerprint density at radius 2 is 1.67 bits per heavy atom. The minimum absolute atomic E-state index is 0.0937. The minimum atomic E-state index is -0.951. The molecular formula is C27H30N4O5. The Bertz CT molecular complexity index is 1230. The summed E-state index contributed by atoms with van der Waals surface area (Å²) in [4.78, 5) is 46.0. The van der Waals surface area contributed by atoms with Gasteiger partial charge in [-0.1, -0.05) is 50.2 Å². The van der Waals surface area contributed by atoms with E-state index in [1.54, 1.807) is 29.2 Å². The second kappa shape index (κ2) is 10.6. The van der Waals surface area contributed by atoms with E-state index < -0.39 is 18.1 Å². The summed E-state index contributed by atoms with van der Waals surface area (Å²) in [6.45, 7) is 4.37. The minimum Gasteiger partial charge on any atom is -0.478 e. The number of carbonyl (C=O) groups is 3. The van der Waals surface area contributed by atoms with E-state index in [0.29, 0.717) is 12.4 Å². The summed E-state index contributed by atoms with van der Waals surface area (Å²) in [5.41, 5.74) is 3.84. The second-order valence-electron chi connectivity index (χ2n) is 9.18. The number of nitrogens with zero attached hydrogens (tertiary/aromatic N) is 2. The van der Waals surface area contributed by atoms with E-state index in [1.165, 1.54) is 7.11 Å². The zero-order chi connectivity index (χ0) is 25.8. The van der Waals surface area contributed by atoms with Crippen LogP contribution < -0.4 is 5.32 Å². The van der Waals surface area contributed by atoms with Gasteiger partial charge in [-0.2, -0.15) is 0 Å². The molecule has 0 aliphatic carbocycles. The molecule has 0 saturated carbocycles. The van der Waals surface area contributed by atoms with Crippen LogP contribution in [0.25, 0.3) is 22.4 Å². The highest BCUT2D eigenvalue weighted by atomic mass is 16.5. The number of benzene rings is 2. The Morgan fingerprint density at radius 1 is 1.06 bits per heavy atom. The number of carboxylic acids is 1. The van der Waals surface area contributed by atoms with Crippen molar-refractivity contribution in [2.45, 2.75) is 38.8 Å². The van der Waals surface area contributed by atoms with Crippen LogP contribution in [0.3, 0.4) is 0 Å². The fourth-order valence-electron chi connectivity index (χ4n) is 4.49. The van der Waals surface area contributed by atoms with E-state index in [2.05, 4.69) is 10.3 Å². The average molecular weight is 491 g/mol. The first-order valence-electron chi connectivity index (χ1n) is 11.9. The van der Waals surface area contributed by atoms with Gasteiger partial charge in [0.2, 0.25) is 5.91 Å². The van der Waals surface area contributed by atoms with Crippen molar-refractivity contribution in [3.8, 4) is 22.4 Å². The maximum absolute atomic E-state index is 13.3. The number of imidazole rings is 1. The lowest BCUT2D eigenvalue weighted by molar-refractivity contribution is -0.135. The van der Waals surface area contributed by atoms with Crippen LogP contribution in [0, 0.1) is 5.92 Å². The van der Waals surface area contributed by atoms with Crippen molar-refractivity contribution < 1.29 is 24.2 Å². The van der Waals surface area contributed by atoms with Crippen molar-refractivity contribution in [1.82, 2.24) is 20.2 Å². The van der Waals surface area contributed by atoms with E-state index in [4.69, 9.17) is 14.8 Å². The molecule has 3 N–H and O–H groups in total. The number of alkyl carbamates (subject to hydrolysis) is 1. The molecule has 0 bridgehead atoms. The summed E-state index contributed by atoms with van der Waals surface area (Å²) in [7, 11) is 1.28. The van der Waals surface area contributed by atoms with Crippen LogP contribution in [0.15, 0.2) is 54.7 Å². The molecule has 3 aromatic rings. The van der Waals surface area contributed by atoms with Crippen molar-refractivity contribution in [3.63, 3.8) is 0 Å². The van der Waals surface area contributed by atoms with Gasteiger partial charge in [0.15, 0.2) is 0 Å². The molecule has 4 rings (SSSR count). The van der Waals surface area contributed by atoms with Gasteiger partial charge in [-0.25, -0.2) is 14.6 Å². The highest BCUT2D eigenvalue weighted by Gasteiger charge is 2.37. The van der Waals surface area contributed by atoms with Crippen LogP contribution in [0.4, 0.5) is 4.79 Å². The molecule has 0 radical (unpaired) electrons. The molecule has 2 amide bonds. The van der Waals surface area contributed by atoms with E-state index in [-0.39, 0.29) is 23.4 Å². The molecule has 1 aliphatic heterocycles. The number of aromatic amines is 1. The van der Waals surface area contributed by atoms with Crippen molar-refractivity contribution in [2.75, 3.05) is 13.7 Å². The van der Waals surface area contributed by atoms with Crippen molar-refractivity contribution >= 4 is 18.0 Å². The first-order valence-corrected chi connectivity index (χ1v) is 11.9. The number of rotatable bonds is 7. The third kappa shape index (κ3) is 5.25.